The molecule has 19 heavy (non-hydrogen) atoms. The second-order valence-corrected chi connectivity index (χ2v) is 4.08. The summed E-state index contributed by atoms with van der Waals surface area (Å²) in [6.45, 7) is 1.82. The minimum absolute atomic E-state index is 0.0766. The SMILES string of the molecule is CC[C@H](CO)NC(=O)c1cccc(-c2nn[nH]n2)c1. The largest absolute Gasteiger partial charge is 0.394 e. The maximum Gasteiger partial charge on any atom is 0.251 e. The molecule has 100 valence electrons. The normalized spacial score (nSPS) is 12.1. The van der Waals surface area contributed by atoms with Crippen LogP contribution in [0.5, 0.6) is 0 Å². The average Bonchev–Trinajstić information content (AvgIpc) is 2.99. The molecule has 1 aromatic heterocycles. The number of aromatic amines is 1. The van der Waals surface area contributed by atoms with E-state index in [1.165, 1.54) is 0 Å². The van der Waals surface area contributed by atoms with Crippen LogP contribution in [0.25, 0.3) is 11.4 Å². The zero-order chi connectivity index (χ0) is 13.7. The van der Waals surface area contributed by atoms with Crippen molar-refractivity contribution >= 4 is 5.91 Å². The van der Waals surface area contributed by atoms with Crippen LogP contribution in [0, 0.1) is 0 Å². The van der Waals surface area contributed by atoms with Crippen LogP contribution in [0.3, 0.4) is 0 Å². The molecule has 7 heteroatoms. The fourth-order valence-corrected chi connectivity index (χ4v) is 1.63. The quantitative estimate of drug-likeness (QED) is 0.721. The first-order chi connectivity index (χ1) is 9.24. The molecule has 3 N–H and O–H groups in total. The van der Waals surface area contributed by atoms with Crippen molar-refractivity contribution in [2.75, 3.05) is 6.61 Å². The Bertz CT molecular complexity index is 537. The van der Waals surface area contributed by atoms with E-state index in [4.69, 9.17) is 5.11 Å². The van der Waals surface area contributed by atoms with Gasteiger partial charge in [-0.2, -0.15) is 5.21 Å². The van der Waals surface area contributed by atoms with Gasteiger partial charge in [0.25, 0.3) is 5.91 Å². The van der Waals surface area contributed by atoms with Crippen molar-refractivity contribution in [2.45, 2.75) is 19.4 Å². The van der Waals surface area contributed by atoms with Crippen molar-refractivity contribution in [3.63, 3.8) is 0 Å². The van der Waals surface area contributed by atoms with Crippen LogP contribution >= 0.6 is 0 Å². The lowest BCUT2D eigenvalue weighted by Gasteiger charge is -2.14. The number of nitrogens with one attached hydrogen (secondary N) is 2. The number of benzene rings is 1. The highest BCUT2D eigenvalue weighted by molar-refractivity contribution is 5.95. The maximum absolute atomic E-state index is 12.0. The van der Waals surface area contributed by atoms with Gasteiger partial charge in [0.2, 0.25) is 5.82 Å². The summed E-state index contributed by atoms with van der Waals surface area (Å²) in [7, 11) is 0. The highest BCUT2D eigenvalue weighted by Gasteiger charge is 2.12. The molecule has 0 unspecified atom stereocenters. The van der Waals surface area contributed by atoms with Gasteiger partial charge in [-0.15, -0.1) is 10.2 Å². The summed E-state index contributed by atoms with van der Waals surface area (Å²) in [5.74, 6) is 0.204. The Hall–Kier alpha value is -2.28. The molecule has 0 saturated carbocycles. The van der Waals surface area contributed by atoms with Gasteiger partial charge >= 0.3 is 0 Å². The van der Waals surface area contributed by atoms with Crippen molar-refractivity contribution in [1.29, 1.82) is 0 Å². The Balaban J connectivity index is 2.17. The number of hydrogen-bond acceptors (Lipinski definition) is 5. The fraction of sp³-hybridized carbons (Fsp3) is 0.333. The van der Waals surface area contributed by atoms with Gasteiger partial charge in [-0.25, -0.2) is 0 Å². The lowest BCUT2D eigenvalue weighted by Crippen LogP contribution is -2.36. The lowest BCUT2D eigenvalue weighted by molar-refractivity contribution is 0.0915. The van der Waals surface area contributed by atoms with Crippen LogP contribution in [0.4, 0.5) is 0 Å². The molecule has 0 bridgehead atoms. The molecule has 1 heterocycles. The number of aliphatic hydroxyl groups excluding tert-OH is 1. The van der Waals surface area contributed by atoms with Crippen LogP contribution in [0.2, 0.25) is 0 Å². The van der Waals surface area contributed by atoms with E-state index >= 15 is 0 Å². The topological polar surface area (TPSA) is 104 Å². The van der Waals surface area contributed by atoms with Crippen LogP contribution in [-0.2, 0) is 0 Å². The van der Waals surface area contributed by atoms with Gasteiger partial charge in [0.1, 0.15) is 0 Å². The Morgan fingerprint density at radius 1 is 1.53 bits per heavy atom. The second kappa shape index (κ2) is 6.05. The summed E-state index contributed by atoms with van der Waals surface area (Å²) in [5, 5.41) is 25.4. The van der Waals surface area contributed by atoms with Gasteiger partial charge in [0.05, 0.1) is 12.6 Å². The highest BCUT2D eigenvalue weighted by atomic mass is 16.3. The third-order valence-corrected chi connectivity index (χ3v) is 2.78. The predicted molar refractivity (Wildman–Crippen MR) is 68.2 cm³/mol. The lowest BCUT2D eigenvalue weighted by atomic mass is 10.1. The third kappa shape index (κ3) is 3.14. The van der Waals surface area contributed by atoms with Crippen molar-refractivity contribution in [2.24, 2.45) is 0 Å². The van der Waals surface area contributed by atoms with Crippen molar-refractivity contribution in [3.05, 3.63) is 29.8 Å². The number of aliphatic hydroxyl groups is 1. The number of rotatable bonds is 5. The number of aromatic nitrogens is 4. The van der Waals surface area contributed by atoms with Gasteiger partial charge in [-0.3, -0.25) is 4.79 Å². The molecule has 1 atom stereocenters. The second-order valence-electron chi connectivity index (χ2n) is 4.08. The summed E-state index contributed by atoms with van der Waals surface area (Å²) in [6.07, 6.45) is 0.673. The van der Waals surface area contributed by atoms with Crippen LogP contribution < -0.4 is 5.32 Å². The molecule has 0 aliphatic rings. The predicted octanol–water partition coefficient (Wildman–Crippen LogP) is 0.367. The van der Waals surface area contributed by atoms with E-state index in [0.29, 0.717) is 23.4 Å². The number of amides is 1. The van der Waals surface area contributed by atoms with Gasteiger partial charge in [-0.1, -0.05) is 19.1 Å². The molecule has 1 amide bonds. The highest BCUT2D eigenvalue weighted by Crippen LogP contribution is 2.15. The van der Waals surface area contributed by atoms with E-state index in [1.807, 2.05) is 6.92 Å². The van der Waals surface area contributed by atoms with Crippen LogP contribution in [0.15, 0.2) is 24.3 Å². The minimum Gasteiger partial charge on any atom is -0.394 e. The fourth-order valence-electron chi connectivity index (χ4n) is 1.63. The summed E-state index contributed by atoms with van der Waals surface area (Å²) in [5.41, 5.74) is 1.20. The molecule has 0 aliphatic carbocycles. The number of H-pyrrole nitrogens is 1. The molecule has 0 saturated heterocycles. The smallest absolute Gasteiger partial charge is 0.251 e. The summed E-state index contributed by atoms with van der Waals surface area (Å²) < 4.78 is 0. The molecule has 0 aliphatic heterocycles. The van der Waals surface area contributed by atoms with Gasteiger partial charge in [-0.05, 0) is 23.8 Å². The van der Waals surface area contributed by atoms with E-state index in [2.05, 4.69) is 25.9 Å². The van der Waals surface area contributed by atoms with E-state index in [9.17, 15) is 4.79 Å². The van der Waals surface area contributed by atoms with Gasteiger partial charge in [0.15, 0.2) is 0 Å². The summed E-state index contributed by atoms with van der Waals surface area (Å²) in [4.78, 5) is 12.0. The zero-order valence-corrected chi connectivity index (χ0v) is 10.5. The number of carbonyl (C=O) groups is 1. The van der Waals surface area contributed by atoms with Gasteiger partial charge < -0.3 is 10.4 Å². The van der Waals surface area contributed by atoms with Crippen LogP contribution in [-0.4, -0.2) is 44.3 Å². The Morgan fingerprint density at radius 3 is 3.00 bits per heavy atom. The first-order valence-electron chi connectivity index (χ1n) is 6.00. The number of tetrazole rings is 1. The number of carbonyl (C=O) groups excluding carboxylic acids is 1. The van der Waals surface area contributed by atoms with E-state index < -0.39 is 0 Å². The summed E-state index contributed by atoms with van der Waals surface area (Å²) >= 11 is 0. The van der Waals surface area contributed by atoms with Crippen LogP contribution in [0.1, 0.15) is 23.7 Å². The van der Waals surface area contributed by atoms with E-state index in [1.54, 1.807) is 24.3 Å². The number of nitrogens with zero attached hydrogens (tertiary/aromatic N) is 3. The number of hydrogen-bond donors (Lipinski definition) is 3. The molecule has 2 rings (SSSR count). The molecule has 0 radical (unpaired) electrons. The monoisotopic (exact) mass is 261 g/mol. The molecule has 1 aromatic carbocycles. The van der Waals surface area contributed by atoms with Crippen molar-refractivity contribution in [3.8, 4) is 11.4 Å². The first kappa shape index (κ1) is 13.2. The molecular formula is C12H15N5O2. The molecule has 0 spiro atoms. The van der Waals surface area contributed by atoms with Crippen molar-refractivity contribution in [1.82, 2.24) is 25.9 Å². The van der Waals surface area contributed by atoms with Gasteiger partial charge in [0, 0.05) is 11.1 Å². The maximum atomic E-state index is 12.0. The van der Waals surface area contributed by atoms with E-state index in [0.717, 1.165) is 0 Å². The Morgan fingerprint density at radius 2 is 2.37 bits per heavy atom. The third-order valence-electron chi connectivity index (χ3n) is 2.78. The average molecular weight is 261 g/mol. The van der Waals surface area contributed by atoms with Crippen molar-refractivity contribution < 1.29 is 9.90 Å². The standard InChI is InChI=1S/C12H15N5O2/c1-2-10(7-18)13-12(19)9-5-3-4-8(6-9)11-14-16-17-15-11/h3-6,10,18H,2,7H2,1H3,(H,13,19)(H,14,15,16,17)/t10-/m1/s1. The zero-order valence-electron chi connectivity index (χ0n) is 10.5. The molecule has 0 fully saturated rings. The Kier molecular flexibility index (Phi) is 4.19. The molecule has 2 aromatic rings. The molecular weight excluding hydrogens is 246 g/mol. The Labute approximate surface area is 110 Å². The van der Waals surface area contributed by atoms with E-state index in [-0.39, 0.29) is 18.6 Å². The molecule has 7 nitrogen and oxygen atoms in total. The summed E-state index contributed by atoms with van der Waals surface area (Å²) in [6, 6.07) is 6.69. The minimum atomic E-state index is -0.235. The first-order valence-corrected chi connectivity index (χ1v) is 6.00.